The molecule has 2 aliphatic rings. The third-order valence-electron chi connectivity index (χ3n) is 4.83. The van der Waals surface area contributed by atoms with E-state index in [4.69, 9.17) is 0 Å². The molecular formula is C17H25N3O3S. The summed E-state index contributed by atoms with van der Waals surface area (Å²) in [7, 11) is -3.54. The lowest BCUT2D eigenvalue weighted by Crippen LogP contribution is -2.35. The summed E-state index contributed by atoms with van der Waals surface area (Å²) in [5, 5.41) is 2.81. The smallest absolute Gasteiger partial charge is 0.240 e. The Bertz CT molecular complexity index is 737. The summed E-state index contributed by atoms with van der Waals surface area (Å²) in [6.07, 6.45) is 2.74. The lowest BCUT2D eigenvalue weighted by molar-refractivity contribution is -0.117. The largest absolute Gasteiger partial charge is 0.326 e. The van der Waals surface area contributed by atoms with Crippen LogP contribution in [0.4, 0.5) is 5.69 Å². The van der Waals surface area contributed by atoms with Crippen molar-refractivity contribution in [2.45, 2.75) is 43.4 Å². The van der Waals surface area contributed by atoms with Crippen molar-refractivity contribution in [2.75, 3.05) is 31.5 Å². The third kappa shape index (κ3) is 3.63. The number of anilines is 1. The molecule has 0 atom stereocenters. The zero-order chi connectivity index (χ0) is 17.4. The molecule has 0 aliphatic carbocycles. The molecule has 0 bridgehead atoms. The predicted molar refractivity (Wildman–Crippen MR) is 93.6 cm³/mol. The molecule has 0 saturated carbocycles. The van der Waals surface area contributed by atoms with Crippen LogP contribution < -0.4 is 10.0 Å². The van der Waals surface area contributed by atoms with Gasteiger partial charge in [-0.05, 0) is 49.7 Å². The maximum Gasteiger partial charge on any atom is 0.240 e. The Kier molecular flexibility index (Phi) is 4.68. The molecule has 1 aromatic rings. The lowest BCUT2D eigenvalue weighted by atomic mass is 9.78. The quantitative estimate of drug-likeness (QED) is 0.846. The molecule has 1 aromatic carbocycles. The SMILES string of the molecule is CC1(C)CC(=O)Nc2ccc(S(=O)(=O)NCCN3CCCC3)cc21. The molecular weight excluding hydrogens is 326 g/mol. The predicted octanol–water partition coefficient (Wildman–Crippen LogP) is 1.68. The molecule has 7 heteroatoms. The van der Waals surface area contributed by atoms with Crippen molar-refractivity contribution in [3.8, 4) is 0 Å². The fraction of sp³-hybridized carbons (Fsp3) is 0.588. The summed E-state index contributed by atoms with van der Waals surface area (Å²) in [6, 6.07) is 4.93. The molecule has 2 aliphatic heterocycles. The van der Waals surface area contributed by atoms with Gasteiger partial charge in [-0.1, -0.05) is 13.8 Å². The summed E-state index contributed by atoms with van der Waals surface area (Å²) < 4.78 is 27.8. The molecule has 0 unspecified atom stereocenters. The number of hydrogen-bond donors (Lipinski definition) is 2. The van der Waals surface area contributed by atoms with Crippen LogP contribution >= 0.6 is 0 Å². The second-order valence-corrected chi connectivity index (χ2v) is 9.03. The number of carbonyl (C=O) groups is 1. The highest BCUT2D eigenvalue weighted by Gasteiger charge is 2.33. The average molecular weight is 351 g/mol. The molecule has 0 radical (unpaired) electrons. The van der Waals surface area contributed by atoms with Crippen LogP contribution in [-0.4, -0.2) is 45.4 Å². The van der Waals surface area contributed by atoms with Crippen LogP contribution in [0.15, 0.2) is 23.1 Å². The number of sulfonamides is 1. The Morgan fingerprint density at radius 3 is 2.67 bits per heavy atom. The average Bonchev–Trinajstić information content (AvgIpc) is 2.99. The van der Waals surface area contributed by atoms with Crippen LogP contribution in [0.25, 0.3) is 0 Å². The van der Waals surface area contributed by atoms with E-state index in [1.807, 2.05) is 13.8 Å². The van der Waals surface area contributed by atoms with E-state index < -0.39 is 10.0 Å². The number of fused-ring (bicyclic) bond motifs is 1. The zero-order valence-electron chi connectivity index (χ0n) is 14.3. The highest BCUT2D eigenvalue weighted by molar-refractivity contribution is 7.89. The van der Waals surface area contributed by atoms with Gasteiger partial charge in [0.15, 0.2) is 0 Å². The lowest BCUT2D eigenvalue weighted by Gasteiger charge is -2.32. The standard InChI is InChI=1S/C17H25N3O3S/c1-17(2)12-16(21)19-15-6-5-13(11-14(15)17)24(22,23)18-7-10-20-8-3-4-9-20/h5-6,11,18H,3-4,7-10,12H2,1-2H3,(H,19,21). The van der Waals surface area contributed by atoms with Gasteiger partial charge in [0.1, 0.15) is 0 Å². The molecule has 1 amide bonds. The van der Waals surface area contributed by atoms with Crippen LogP contribution in [0.1, 0.15) is 38.7 Å². The second-order valence-electron chi connectivity index (χ2n) is 7.26. The Balaban J connectivity index is 1.75. The Labute approximate surface area is 143 Å². The third-order valence-corrected chi connectivity index (χ3v) is 6.28. The highest BCUT2D eigenvalue weighted by atomic mass is 32.2. The van der Waals surface area contributed by atoms with E-state index in [9.17, 15) is 13.2 Å². The molecule has 132 valence electrons. The van der Waals surface area contributed by atoms with Crippen LogP contribution in [0.2, 0.25) is 0 Å². The number of hydrogen-bond acceptors (Lipinski definition) is 4. The number of rotatable bonds is 5. The van der Waals surface area contributed by atoms with E-state index in [2.05, 4.69) is 14.9 Å². The minimum atomic E-state index is -3.54. The second kappa shape index (κ2) is 6.46. The van der Waals surface area contributed by atoms with E-state index >= 15 is 0 Å². The van der Waals surface area contributed by atoms with Gasteiger partial charge in [-0.15, -0.1) is 0 Å². The van der Waals surface area contributed by atoms with E-state index in [-0.39, 0.29) is 16.2 Å². The van der Waals surface area contributed by atoms with Gasteiger partial charge in [-0.2, -0.15) is 0 Å². The van der Waals surface area contributed by atoms with Crippen molar-refractivity contribution < 1.29 is 13.2 Å². The molecule has 2 heterocycles. The van der Waals surface area contributed by atoms with Gasteiger partial charge in [0.25, 0.3) is 0 Å². The molecule has 0 spiro atoms. The monoisotopic (exact) mass is 351 g/mol. The zero-order valence-corrected chi connectivity index (χ0v) is 15.1. The van der Waals surface area contributed by atoms with Crippen LogP contribution in [0.3, 0.4) is 0 Å². The van der Waals surface area contributed by atoms with Gasteiger partial charge in [-0.3, -0.25) is 4.79 Å². The summed E-state index contributed by atoms with van der Waals surface area (Å²) in [5.41, 5.74) is 1.19. The Morgan fingerprint density at radius 2 is 1.96 bits per heavy atom. The summed E-state index contributed by atoms with van der Waals surface area (Å²) in [6.45, 7) is 7.18. The molecule has 1 saturated heterocycles. The van der Waals surface area contributed by atoms with Gasteiger partial charge < -0.3 is 10.2 Å². The number of carbonyl (C=O) groups excluding carboxylic acids is 1. The maximum atomic E-state index is 12.6. The molecule has 3 rings (SSSR count). The topological polar surface area (TPSA) is 78.5 Å². The number of benzene rings is 1. The molecule has 24 heavy (non-hydrogen) atoms. The first-order chi connectivity index (χ1) is 11.3. The summed E-state index contributed by atoms with van der Waals surface area (Å²) in [5.74, 6) is -0.0353. The summed E-state index contributed by atoms with van der Waals surface area (Å²) >= 11 is 0. The summed E-state index contributed by atoms with van der Waals surface area (Å²) in [4.78, 5) is 14.3. The van der Waals surface area contributed by atoms with Crippen LogP contribution in [0, 0.1) is 0 Å². The Morgan fingerprint density at radius 1 is 1.25 bits per heavy atom. The van der Waals surface area contributed by atoms with Gasteiger partial charge in [0.05, 0.1) is 4.90 Å². The first kappa shape index (κ1) is 17.4. The fourth-order valence-corrected chi connectivity index (χ4v) is 4.53. The van der Waals surface area contributed by atoms with Gasteiger partial charge in [0, 0.05) is 30.6 Å². The van der Waals surface area contributed by atoms with Gasteiger partial charge in [-0.25, -0.2) is 13.1 Å². The maximum absolute atomic E-state index is 12.6. The first-order valence-corrected chi connectivity index (χ1v) is 9.93. The minimum Gasteiger partial charge on any atom is -0.326 e. The van der Waals surface area contributed by atoms with E-state index in [0.29, 0.717) is 18.7 Å². The van der Waals surface area contributed by atoms with Crippen LogP contribution in [-0.2, 0) is 20.2 Å². The van der Waals surface area contributed by atoms with Crippen molar-refractivity contribution in [1.29, 1.82) is 0 Å². The van der Waals surface area contributed by atoms with Crippen molar-refractivity contribution in [3.05, 3.63) is 23.8 Å². The molecule has 2 N–H and O–H groups in total. The fourth-order valence-electron chi connectivity index (χ4n) is 3.48. The van der Waals surface area contributed by atoms with Crippen molar-refractivity contribution in [3.63, 3.8) is 0 Å². The molecule has 0 aromatic heterocycles. The minimum absolute atomic E-state index is 0.0353. The van der Waals surface area contributed by atoms with Gasteiger partial charge >= 0.3 is 0 Å². The Hall–Kier alpha value is -1.44. The van der Waals surface area contributed by atoms with Crippen LogP contribution in [0.5, 0.6) is 0 Å². The normalized spacial score (nSPS) is 20.7. The number of nitrogens with zero attached hydrogens (tertiary/aromatic N) is 1. The number of likely N-dealkylation sites (tertiary alicyclic amines) is 1. The first-order valence-electron chi connectivity index (χ1n) is 8.44. The highest BCUT2D eigenvalue weighted by Crippen LogP contribution is 2.38. The van der Waals surface area contributed by atoms with Crippen molar-refractivity contribution in [1.82, 2.24) is 9.62 Å². The number of nitrogens with one attached hydrogen (secondary N) is 2. The van der Waals surface area contributed by atoms with E-state index in [0.717, 1.165) is 25.2 Å². The van der Waals surface area contributed by atoms with Gasteiger partial charge in [0.2, 0.25) is 15.9 Å². The molecule has 6 nitrogen and oxygen atoms in total. The molecule has 1 fully saturated rings. The van der Waals surface area contributed by atoms with Crippen molar-refractivity contribution >= 4 is 21.6 Å². The van der Waals surface area contributed by atoms with E-state index in [1.54, 1.807) is 18.2 Å². The number of amides is 1. The van der Waals surface area contributed by atoms with Crippen molar-refractivity contribution in [2.24, 2.45) is 0 Å². The van der Waals surface area contributed by atoms with E-state index in [1.165, 1.54) is 12.8 Å².